The average molecular weight is 422 g/mol. The Morgan fingerprint density at radius 3 is 2.71 bits per heavy atom. The molecule has 3 aromatic rings. The van der Waals surface area contributed by atoms with Crippen LogP contribution in [0.25, 0.3) is 0 Å². The normalized spacial score (nSPS) is 13.9. The van der Waals surface area contributed by atoms with E-state index in [-0.39, 0.29) is 11.9 Å². The summed E-state index contributed by atoms with van der Waals surface area (Å²) >= 11 is 0. The molecule has 0 saturated carbocycles. The van der Waals surface area contributed by atoms with Crippen molar-refractivity contribution in [1.82, 2.24) is 10.5 Å². The van der Waals surface area contributed by atoms with Gasteiger partial charge in [-0.3, -0.25) is 4.79 Å². The van der Waals surface area contributed by atoms with Crippen LogP contribution in [0.1, 0.15) is 52.3 Å². The van der Waals surface area contributed by atoms with Gasteiger partial charge in [0.25, 0.3) is 5.91 Å². The van der Waals surface area contributed by atoms with Crippen LogP contribution in [0.15, 0.2) is 47.0 Å². The number of hydrogen-bond acceptors (Lipinski definition) is 6. The minimum Gasteiger partial charge on any atom is -0.490 e. The molecule has 1 atom stereocenters. The van der Waals surface area contributed by atoms with Gasteiger partial charge in [-0.15, -0.1) is 0 Å². The van der Waals surface area contributed by atoms with E-state index in [2.05, 4.69) is 10.5 Å². The van der Waals surface area contributed by atoms with Crippen LogP contribution in [0.4, 0.5) is 0 Å². The van der Waals surface area contributed by atoms with E-state index in [1.807, 2.05) is 45.0 Å². The average Bonchev–Trinajstić information content (AvgIpc) is 2.95. The van der Waals surface area contributed by atoms with Crippen LogP contribution < -0.4 is 19.5 Å². The Morgan fingerprint density at radius 1 is 1.13 bits per heavy atom. The Bertz CT molecular complexity index is 1060. The molecule has 2 heterocycles. The summed E-state index contributed by atoms with van der Waals surface area (Å²) in [7, 11) is 0. The minimum atomic E-state index is -0.198. The highest BCUT2D eigenvalue weighted by Crippen LogP contribution is 2.32. The van der Waals surface area contributed by atoms with Crippen LogP contribution in [0.3, 0.4) is 0 Å². The zero-order valence-corrected chi connectivity index (χ0v) is 17.9. The Hall–Kier alpha value is -3.48. The maximum atomic E-state index is 12.8. The molecule has 1 aromatic heterocycles. The van der Waals surface area contributed by atoms with E-state index in [9.17, 15) is 4.79 Å². The maximum absolute atomic E-state index is 12.8. The molecule has 1 unspecified atom stereocenters. The highest BCUT2D eigenvalue weighted by molar-refractivity contribution is 5.94. The second-order valence-electron chi connectivity index (χ2n) is 7.57. The predicted octanol–water partition coefficient (Wildman–Crippen LogP) is 4.52. The first-order chi connectivity index (χ1) is 15.0. The van der Waals surface area contributed by atoms with E-state index in [0.717, 1.165) is 34.8 Å². The van der Waals surface area contributed by atoms with E-state index in [4.69, 9.17) is 18.7 Å². The van der Waals surface area contributed by atoms with Crippen molar-refractivity contribution in [2.75, 3.05) is 13.2 Å². The lowest BCUT2D eigenvalue weighted by Gasteiger charge is -2.17. The lowest BCUT2D eigenvalue weighted by Crippen LogP contribution is -2.26. The van der Waals surface area contributed by atoms with Crippen LogP contribution in [0.5, 0.6) is 17.2 Å². The van der Waals surface area contributed by atoms with Crippen LogP contribution in [0, 0.1) is 13.8 Å². The number of rotatable bonds is 6. The van der Waals surface area contributed by atoms with Gasteiger partial charge < -0.3 is 24.1 Å². The Kier molecular flexibility index (Phi) is 6.11. The van der Waals surface area contributed by atoms with Gasteiger partial charge in [0.2, 0.25) is 0 Å². The van der Waals surface area contributed by atoms with Crippen LogP contribution in [-0.4, -0.2) is 24.3 Å². The number of carbonyl (C=O) groups excluding carboxylic acids is 1. The molecule has 0 spiro atoms. The summed E-state index contributed by atoms with van der Waals surface area (Å²) < 4.78 is 22.4. The van der Waals surface area contributed by atoms with Gasteiger partial charge in [-0.2, -0.15) is 0 Å². The number of aryl methyl sites for hydroxylation is 2. The number of fused-ring (bicyclic) bond motifs is 1. The second kappa shape index (κ2) is 9.12. The largest absolute Gasteiger partial charge is 0.490 e. The van der Waals surface area contributed by atoms with Crippen LogP contribution >= 0.6 is 0 Å². The topological polar surface area (TPSA) is 82.8 Å². The van der Waals surface area contributed by atoms with Crippen molar-refractivity contribution in [3.63, 3.8) is 0 Å². The summed E-state index contributed by atoms with van der Waals surface area (Å²) in [5.74, 6) is 2.61. The third-order valence-electron chi connectivity index (χ3n) is 5.28. The van der Waals surface area contributed by atoms with Crippen molar-refractivity contribution >= 4 is 5.91 Å². The van der Waals surface area contributed by atoms with Crippen molar-refractivity contribution in [1.29, 1.82) is 0 Å². The maximum Gasteiger partial charge on any atom is 0.251 e. The first-order valence-electron chi connectivity index (χ1n) is 10.4. The zero-order valence-electron chi connectivity index (χ0n) is 17.9. The van der Waals surface area contributed by atoms with Gasteiger partial charge in [0.1, 0.15) is 18.1 Å². The van der Waals surface area contributed by atoms with Gasteiger partial charge in [0.05, 0.1) is 30.5 Å². The lowest BCUT2D eigenvalue weighted by atomic mass is 10.1. The number of ether oxygens (including phenoxy) is 3. The molecule has 4 rings (SSSR count). The SMILES string of the molecule is Cc1noc(C)c1COc1cccc(C(=O)NC(C)c2ccc3c(c2)OCCCO3)c1. The number of nitrogens with one attached hydrogen (secondary N) is 1. The van der Waals surface area contributed by atoms with E-state index >= 15 is 0 Å². The van der Waals surface area contributed by atoms with E-state index in [0.29, 0.717) is 36.9 Å². The Morgan fingerprint density at radius 2 is 1.94 bits per heavy atom. The van der Waals surface area contributed by atoms with Crippen LogP contribution in [0.2, 0.25) is 0 Å². The van der Waals surface area contributed by atoms with Gasteiger partial charge in [-0.05, 0) is 56.7 Å². The molecule has 31 heavy (non-hydrogen) atoms. The van der Waals surface area contributed by atoms with E-state index in [1.54, 1.807) is 18.2 Å². The molecule has 2 aromatic carbocycles. The summed E-state index contributed by atoms with van der Waals surface area (Å²) in [5.41, 5.74) is 3.19. The molecular weight excluding hydrogens is 396 g/mol. The summed E-state index contributed by atoms with van der Waals surface area (Å²) in [4.78, 5) is 12.8. The van der Waals surface area contributed by atoms with Crippen LogP contribution in [-0.2, 0) is 6.61 Å². The van der Waals surface area contributed by atoms with Crippen molar-refractivity contribution in [3.05, 3.63) is 70.6 Å². The number of amides is 1. The third kappa shape index (κ3) is 4.82. The molecule has 0 radical (unpaired) electrons. The smallest absolute Gasteiger partial charge is 0.251 e. The predicted molar refractivity (Wildman–Crippen MR) is 115 cm³/mol. The minimum absolute atomic E-state index is 0.178. The van der Waals surface area contributed by atoms with E-state index in [1.165, 1.54) is 0 Å². The highest BCUT2D eigenvalue weighted by Gasteiger charge is 2.17. The van der Waals surface area contributed by atoms with Crippen molar-refractivity contribution < 1.29 is 23.5 Å². The summed E-state index contributed by atoms with van der Waals surface area (Å²) in [6.45, 7) is 7.27. The fraction of sp³-hybridized carbons (Fsp3) is 0.333. The summed E-state index contributed by atoms with van der Waals surface area (Å²) in [5, 5.41) is 6.97. The van der Waals surface area contributed by atoms with Crippen molar-refractivity contribution in [2.24, 2.45) is 0 Å². The highest BCUT2D eigenvalue weighted by atomic mass is 16.5. The fourth-order valence-electron chi connectivity index (χ4n) is 3.40. The summed E-state index contributed by atoms with van der Waals surface area (Å²) in [6, 6.07) is 12.7. The first-order valence-corrected chi connectivity index (χ1v) is 10.4. The van der Waals surface area contributed by atoms with Gasteiger partial charge in [0, 0.05) is 12.0 Å². The number of hydrogen-bond donors (Lipinski definition) is 1. The number of benzene rings is 2. The van der Waals surface area contributed by atoms with Gasteiger partial charge >= 0.3 is 0 Å². The molecular formula is C24H26N2O5. The van der Waals surface area contributed by atoms with Crippen molar-refractivity contribution in [2.45, 2.75) is 39.8 Å². The number of aromatic nitrogens is 1. The molecule has 1 aliphatic rings. The fourth-order valence-corrected chi connectivity index (χ4v) is 3.40. The summed E-state index contributed by atoms with van der Waals surface area (Å²) in [6.07, 6.45) is 0.852. The molecule has 0 saturated heterocycles. The lowest BCUT2D eigenvalue weighted by molar-refractivity contribution is 0.0939. The molecule has 1 amide bonds. The quantitative estimate of drug-likeness (QED) is 0.629. The standard InChI is InChI=1S/C24H26N2O5/c1-15(18-8-9-22-23(13-18)29-11-5-10-28-22)25-24(27)19-6-4-7-20(12-19)30-14-21-16(2)26-31-17(21)3/h4,6-9,12-13,15H,5,10-11,14H2,1-3H3,(H,25,27). The number of nitrogens with zero attached hydrogens (tertiary/aromatic N) is 1. The molecule has 162 valence electrons. The van der Waals surface area contributed by atoms with Crippen molar-refractivity contribution in [3.8, 4) is 17.2 Å². The van der Waals surface area contributed by atoms with E-state index < -0.39 is 0 Å². The molecule has 7 nitrogen and oxygen atoms in total. The van der Waals surface area contributed by atoms with Gasteiger partial charge in [0.15, 0.2) is 11.5 Å². The molecule has 0 bridgehead atoms. The number of carbonyl (C=O) groups is 1. The molecule has 7 heteroatoms. The molecule has 0 aliphatic carbocycles. The first kappa shape index (κ1) is 20.8. The Labute approximate surface area is 181 Å². The third-order valence-corrected chi connectivity index (χ3v) is 5.28. The monoisotopic (exact) mass is 422 g/mol. The Balaban J connectivity index is 1.41. The molecule has 1 aliphatic heterocycles. The second-order valence-corrected chi connectivity index (χ2v) is 7.57. The molecule has 0 fully saturated rings. The molecule has 1 N–H and O–H groups in total. The zero-order chi connectivity index (χ0) is 21.8. The van der Waals surface area contributed by atoms with Gasteiger partial charge in [-0.1, -0.05) is 17.3 Å². The van der Waals surface area contributed by atoms with Gasteiger partial charge in [-0.25, -0.2) is 0 Å².